The van der Waals surface area contributed by atoms with Gasteiger partial charge in [0.25, 0.3) is 0 Å². The number of rotatable bonds is 13. The number of terminal acetylenes is 1. The zero-order chi connectivity index (χ0) is 31.2. The molecule has 0 fully saturated rings. The third-order valence-corrected chi connectivity index (χ3v) is 6.40. The van der Waals surface area contributed by atoms with Crippen molar-refractivity contribution >= 4 is 17.6 Å². The van der Waals surface area contributed by atoms with Gasteiger partial charge >= 0.3 is 5.97 Å². The van der Waals surface area contributed by atoms with Crippen molar-refractivity contribution < 1.29 is 19.1 Å². The van der Waals surface area contributed by atoms with E-state index in [1.807, 2.05) is 38.2 Å². The predicted molar refractivity (Wildman–Crippen MR) is 168 cm³/mol. The van der Waals surface area contributed by atoms with E-state index >= 15 is 0 Å². The Labute approximate surface area is 247 Å². The largest absolute Gasteiger partial charge is 0.476 e. The number of hydrazine groups is 1. The summed E-state index contributed by atoms with van der Waals surface area (Å²) in [5.74, 6) is 0.137. The quantitative estimate of drug-likeness (QED) is 0.173. The fourth-order valence-corrected chi connectivity index (χ4v) is 4.12. The summed E-state index contributed by atoms with van der Waals surface area (Å²) in [7, 11) is 1.90. The van der Waals surface area contributed by atoms with Crippen LogP contribution in [0.25, 0.3) is 5.70 Å². The van der Waals surface area contributed by atoms with Crippen molar-refractivity contribution in [3.05, 3.63) is 70.8 Å². The van der Waals surface area contributed by atoms with E-state index in [4.69, 9.17) is 9.47 Å². The standard InChI is InChI=1S/C32H47N3O4.C2H2/c1-10-20-35(33-9)27(25-13-15-26(16-14-25)31(4,5)6)17-19-29(36)34-22-24-12-18-28(23(3)21-24)39-32(7,8)30(37)38-11-2;1-2/h12-18,21,33H,10-11,19-20,22H2,1-9H3,(H,34,36);1-2H/b27-17-;. The number of amides is 1. The third kappa shape index (κ3) is 11.0. The molecule has 7 nitrogen and oxygen atoms in total. The summed E-state index contributed by atoms with van der Waals surface area (Å²) in [5.41, 5.74) is 7.40. The highest BCUT2D eigenvalue weighted by Gasteiger charge is 2.32. The Hall–Kier alpha value is -3.76. The van der Waals surface area contributed by atoms with Crippen LogP contribution >= 0.6 is 0 Å². The molecule has 224 valence electrons. The minimum atomic E-state index is -1.09. The van der Waals surface area contributed by atoms with Crippen LogP contribution in [0.15, 0.2) is 48.5 Å². The zero-order valence-corrected chi connectivity index (χ0v) is 26.4. The van der Waals surface area contributed by atoms with Gasteiger partial charge in [-0.05, 0) is 73.9 Å². The van der Waals surface area contributed by atoms with Gasteiger partial charge in [-0.25, -0.2) is 10.2 Å². The Morgan fingerprint density at radius 3 is 2.15 bits per heavy atom. The second kappa shape index (κ2) is 16.5. The van der Waals surface area contributed by atoms with Gasteiger partial charge in [0, 0.05) is 26.6 Å². The SMILES string of the molecule is C#C.CCCN(NC)/C(=C\CC(=O)NCc1ccc(OC(C)(C)C(=O)OCC)c(C)c1)c1ccc(C(C)(C)C)cc1. The van der Waals surface area contributed by atoms with Crippen LogP contribution in [0.3, 0.4) is 0 Å². The summed E-state index contributed by atoms with van der Waals surface area (Å²) in [6, 6.07) is 14.2. The monoisotopic (exact) mass is 563 g/mol. The van der Waals surface area contributed by atoms with Gasteiger partial charge in [0.1, 0.15) is 5.75 Å². The molecule has 0 unspecified atom stereocenters. The summed E-state index contributed by atoms with van der Waals surface area (Å²) < 4.78 is 11.0. The first kappa shape index (κ1) is 35.3. The van der Waals surface area contributed by atoms with Gasteiger partial charge in [0.05, 0.1) is 12.3 Å². The van der Waals surface area contributed by atoms with Gasteiger partial charge in [-0.2, -0.15) is 0 Å². The normalized spacial score (nSPS) is 11.6. The lowest BCUT2D eigenvalue weighted by molar-refractivity contribution is -0.158. The molecular weight excluding hydrogens is 514 g/mol. The Balaban J connectivity index is 0.00000411. The first-order valence-electron chi connectivity index (χ1n) is 14.1. The molecule has 2 N–H and O–H groups in total. The molecule has 0 aliphatic carbocycles. The maximum absolute atomic E-state index is 12.8. The minimum Gasteiger partial charge on any atom is -0.476 e. The van der Waals surface area contributed by atoms with Gasteiger partial charge in [-0.1, -0.05) is 64.1 Å². The second-order valence-electron chi connectivity index (χ2n) is 11.2. The van der Waals surface area contributed by atoms with E-state index in [0.29, 0.717) is 18.9 Å². The second-order valence-corrected chi connectivity index (χ2v) is 11.2. The number of aryl methyl sites for hydroxylation is 1. The molecule has 0 aliphatic rings. The number of benzene rings is 2. The molecule has 41 heavy (non-hydrogen) atoms. The van der Waals surface area contributed by atoms with Crippen LogP contribution in [0.5, 0.6) is 5.75 Å². The molecule has 0 saturated carbocycles. The first-order valence-corrected chi connectivity index (χ1v) is 14.1. The maximum atomic E-state index is 12.8. The number of hydrogen-bond donors (Lipinski definition) is 2. The lowest BCUT2D eigenvalue weighted by Crippen LogP contribution is -2.39. The smallest absolute Gasteiger partial charge is 0.349 e. The van der Waals surface area contributed by atoms with E-state index in [0.717, 1.165) is 35.4 Å². The van der Waals surface area contributed by atoms with Gasteiger partial charge in [0.15, 0.2) is 5.60 Å². The van der Waals surface area contributed by atoms with Crippen molar-refractivity contribution in [1.29, 1.82) is 0 Å². The molecule has 2 aromatic carbocycles. The number of carbonyl (C=O) groups excluding carboxylic acids is 2. The summed E-state index contributed by atoms with van der Waals surface area (Å²) >= 11 is 0. The van der Waals surface area contributed by atoms with Crippen molar-refractivity contribution in [2.24, 2.45) is 0 Å². The Bertz CT molecular complexity index is 1170. The number of hydrogen-bond acceptors (Lipinski definition) is 6. The summed E-state index contributed by atoms with van der Waals surface area (Å²) in [5, 5.41) is 5.10. The highest BCUT2D eigenvalue weighted by Crippen LogP contribution is 2.27. The molecule has 0 spiro atoms. The van der Waals surface area contributed by atoms with Crippen LogP contribution in [0.2, 0.25) is 0 Å². The van der Waals surface area contributed by atoms with Crippen LogP contribution in [0.4, 0.5) is 0 Å². The molecule has 0 atom stereocenters. The number of nitrogens with one attached hydrogen (secondary N) is 2. The van der Waals surface area contributed by atoms with E-state index in [1.165, 1.54) is 5.56 Å². The van der Waals surface area contributed by atoms with E-state index in [9.17, 15) is 9.59 Å². The fourth-order valence-electron chi connectivity index (χ4n) is 4.12. The van der Waals surface area contributed by atoms with E-state index in [-0.39, 0.29) is 17.7 Å². The van der Waals surface area contributed by atoms with Crippen LogP contribution in [-0.4, -0.2) is 42.7 Å². The molecule has 0 aliphatic heterocycles. The topological polar surface area (TPSA) is 79.9 Å². The molecule has 2 rings (SSSR count). The predicted octanol–water partition coefficient (Wildman–Crippen LogP) is 6.16. The lowest BCUT2D eigenvalue weighted by atomic mass is 9.86. The van der Waals surface area contributed by atoms with Crippen LogP contribution in [-0.2, 0) is 26.3 Å². The third-order valence-electron chi connectivity index (χ3n) is 6.40. The molecule has 1 amide bonds. The van der Waals surface area contributed by atoms with Gasteiger partial charge in [-0.15, -0.1) is 12.8 Å². The van der Waals surface area contributed by atoms with Crippen molar-refractivity contribution in [2.75, 3.05) is 20.2 Å². The first-order chi connectivity index (χ1) is 19.3. The van der Waals surface area contributed by atoms with Crippen molar-refractivity contribution in [3.63, 3.8) is 0 Å². The average Bonchev–Trinajstić information content (AvgIpc) is 2.93. The van der Waals surface area contributed by atoms with Crippen molar-refractivity contribution in [3.8, 4) is 18.6 Å². The van der Waals surface area contributed by atoms with Crippen LogP contribution < -0.4 is 15.5 Å². The van der Waals surface area contributed by atoms with Gasteiger partial charge < -0.3 is 19.8 Å². The van der Waals surface area contributed by atoms with E-state index in [2.05, 4.69) is 80.6 Å². The molecule has 7 heteroatoms. The van der Waals surface area contributed by atoms with Crippen LogP contribution in [0.1, 0.15) is 83.6 Å². The average molecular weight is 564 g/mol. The fraction of sp³-hybridized carbons (Fsp3) is 0.471. The molecule has 2 aromatic rings. The molecule has 0 bridgehead atoms. The summed E-state index contributed by atoms with van der Waals surface area (Å²) in [4.78, 5) is 25.0. The zero-order valence-electron chi connectivity index (χ0n) is 26.4. The lowest BCUT2D eigenvalue weighted by Gasteiger charge is -2.27. The molecule has 0 saturated heterocycles. The highest BCUT2D eigenvalue weighted by molar-refractivity contribution is 5.80. The van der Waals surface area contributed by atoms with Crippen molar-refractivity contribution in [2.45, 2.75) is 85.8 Å². The van der Waals surface area contributed by atoms with Crippen molar-refractivity contribution in [1.82, 2.24) is 15.8 Å². The summed E-state index contributed by atoms with van der Waals surface area (Å²) in [6.45, 7) is 17.3. The number of carbonyl (C=O) groups is 2. The summed E-state index contributed by atoms with van der Waals surface area (Å²) in [6.07, 6.45) is 11.2. The maximum Gasteiger partial charge on any atom is 0.349 e. The van der Waals surface area contributed by atoms with E-state index < -0.39 is 11.6 Å². The highest BCUT2D eigenvalue weighted by atomic mass is 16.6. The molecule has 0 heterocycles. The van der Waals surface area contributed by atoms with Crippen LogP contribution in [0, 0.1) is 19.8 Å². The van der Waals surface area contributed by atoms with Gasteiger partial charge in [-0.3, -0.25) is 4.79 Å². The van der Waals surface area contributed by atoms with E-state index in [1.54, 1.807) is 20.8 Å². The van der Waals surface area contributed by atoms with Gasteiger partial charge in [0.2, 0.25) is 5.91 Å². The number of ether oxygens (including phenoxy) is 2. The number of nitrogens with zero attached hydrogens (tertiary/aromatic N) is 1. The Morgan fingerprint density at radius 1 is 1.00 bits per heavy atom. The molecule has 0 aromatic heterocycles. The minimum absolute atomic E-state index is 0.0622. The Kier molecular flexibility index (Phi) is 14.2. The Morgan fingerprint density at radius 2 is 1.63 bits per heavy atom. The molecule has 0 radical (unpaired) electrons. The number of esters is 1. The molecular formula is C34H49N3O4.